The molecule has 5 atom stereocenters. The Kier molecular flexibility index (Phi) is 10.1. The molecule has 3 amide bonds. The molecule has 7 rings (SSSR count). The number of nitrogens with zero attached hydrogens (tertiary/aromatic N) is 2. The average Bonchev–Trinajstić information content (AvgIpc) is 3.99. The molecule has 0 spiro atoms. The van der Waals surface area contributed by atoms with Crippen molar-refractivity contribution in [3.05, 3.63) is 72.7 Å². The highest BCUT2D eigenvalue weighted by Gasteiger charge is 2.63. The number of rotatable bonds is 6. The van der Waals surface area contributed by atoms with Crippen molar-refractivity contribution < 1.29 is 36.7 Å². The molecule has 1 aromatic heterocycles. The molecule has 4 aliphatic rings. The average molecular weight is 776 g/mol. The maximum Gasteiger partial charge on any atom is 0.408 e. The number of benzene rings is 2. The summed E-state index contributed by atoms with van der Waals surface area (Å²) in [5, 5.41) is 8.27. The van der Waals surface area contributed by atoms with E-state index in [-0.39, 0.29) is 25.3 Å². The molecule has 3 N–H and O–H groups in total. The Morgan fingerprint density at radius 2 is 1.82 bits per heavy atom. The van der Waals surface area contributed by atoms with Crippen molar-refractivity contribution in [2.45, 2.75) is 120 Å². The van der Waals surface area contributed by atoms with Crippen LogP contribution < -0.4 is 20.1 Å². The lowest BCUT2D eigenvalue weighted by Crippen LogP contribution is -2.57. The van der Waals surface area contributed by atoms with E-state index in [1.165, 1.54) is 12.1 Å². The van der Waals surface area contributed by atoms with Gasteiger partial charge in [0.2, 0.25) is 21.8 Å². The first kappa shape index (κ1) is 38.6. The zero-order chi connectivity index (χ0) is 39.3. The number of aromatic nitrogens is 1. The van der Waals surface area contributed by atoms with Crippen molar-refractivity contribution in [1.82, 2.24) is 25.2 Å². The Bertz CT molecular complexity index is 2180. The summed E-state index contributed by atoms with van der Waals surface area (Å²) in [5.74, 6) is -1.82. The van der Waals surface area contributed by atoms with Gasteiger partial charge >= 0.3 is 6.09 Å². The Morgan fingerprint density at radius 1 is 1.07 bits per heavy atom. The molecule has 2 saturated carbocycles. The molecule has 2 aliphatic heterocycles. The third-order valence-corrected chi connectivity index (χ3v) is 13.4. The van der Waals surface area contributed by atoms with Crippen molar-refractivity contribution >= 4 is 49.6 Å². The number of carbonyl (C=O) groups is 3. The van der Waals surface area contributed by atoms with Gasteiger partial charge in [-0.25, -0.2) is 22.6 Å². The number of halogens is 1. The number of sulfonamides is 1. The minimum atomic E-state index is -3.97. The van der Waals surface area contributed by atoms with E-state index in [2.05, 4.69) is 21.9 Å². The number of pyridine rings is 1. The number of ether oxygens (including phenoxy) is 2. The van der Waals surface area contributed by atoms with E-state index in [1.807, 2.05) is 36.4 Å². The van der Waals surface area contributed by atoms with E-state index in [0.29, 0.717) is 35.9 Å². The second kappa shape index (κ2) is 14.4. The molecule has 0 unspecified atom stereocenters. The van der Waals surface area contributed by atoms with Crippen LogP contribution in [0, 0.1) is 11.7 Å². The Labute approximate surface area is 321 Å². The number of hydrogen-bond donors (Lipinski definition) is 3. The Morgan fingerprint density at radius 3 is 2.55 bits per heavy atom. The molecule has 3 heterocycles. The van der Waals surface area contributed by atoms with Crippen molar-refractivity contribution in [2.75, 3.05) is 6.54 Å². The molecular formula is C41H50FN5O7S. The van der Waals surface area contributed by atoms with Crippen LogP contribution in [0.1, 0.15) is 85.5 Å². The third-order valence-electron chi connectivity index (χ3n) is 11.3. The van der Waals surface area contributed by atoms with Gasteiger partial charge in [0.05, 0.1) is 22.9 Å². The van der Waals surface area contributed by atoms with Gasteiger partial charge in [-0.3, -0.25) is 14.3 Å². The highest BCUT2D eigenvalue weighted by molar-refractivity contribution is 7.91. The van der Waals surface area contributed by atoms with E-state index < -0.39 is 73.7 Å². The second-order valence-corrected chi connectivity index (χ2v) is 18.9. The summed E-state index contributed by atoms with van der Waals surface area (Å²) >= 11 is 0. The van der Waals surface area contributed by atoms with Gasteiger partial charge in [-0.15, -0.1) is 0 Å². The van der Waals surface area contributed by atoms with Gasteiger partial charge in [0.1, 0.15) is 29.1 Å². The molecule has 294 valence electrons. The highest BCUT2D eigenvalue weighted by Crippen LogP contribution is 2.48. The molecule has 3 aromatic rings. The van der Waals surface area contributed by atoms with Crippen LogP contribution in [0.25, 0.3) is 21.7 Å². The maximum atomic E-state index is 14.6. The zero-order valence-corrected chi connectivity index (χ0v) is 32.6. The molecule has 12 nitrogen and oxygen atoms in total. The molecule has 1 saturated heterocycles. The summed E-state index contributed by atoms with van der Waals surface area (Å²) < 4.78 is 54.2. The molecule has 3 fully saturated rings. The van der Waals surface area contributed by atoms with Gasteiger partial charge in [-0.1, -0.05) is 49.8 Å². The molecular weight excluding hydrogens is 726 g/mol. The molecule has 0 bridgehead atoms. The lowest BCUT2D eigenvalue weighted by atomic mass is 10.0. The Balaban J connectivity index is 1.22. The first-order valence-electron chi connectivity index (χ1n) is 19.1. The number of hydrogen-bond acceptors (Lipinski definition) is 9. The first-order chi connectivity index (χ1) is 26.0. The van der Waals surface area contributed by atoms with Crippen LogP contribution in [-0.4, -0.2) is 76.8 Å². The van der Waals surface area contributed by atoms with Crippen LogP contribution in [0.15, 0.2) is 66.9 Å². The van der Waals surface area contributed by atoms with Gasteiger partial charge in [-0.05, 0) is 89.8 Å². The predicted octanol–water partition coefficient (Wildman–Crippen LogP) is 6.15. The van der Waals surface area contributed by atoms with Crippen molar-refractivity contribution in [3.8, 4) is 5.88 Å². The number of fused-ring (bicyclic) bond motifs is 5. The molecule has 0 radical (unpaired) electrons. The fraction of sp³-hybridized carbons (Fsp3) is 0.512. The van der Waals surface area contributed by atoms with Crippen LogP contribution in [-0.2, 0) is 24.3 Å². The van der Waals surface area contributed by atoms with E-state index in [1.54, 1.807) is 38.7 Å². The van der Waals surface area contributed by atoms with Crippen LogP contribution >= 0.6 is 0 Å². The lowest BCUT2D eigenvalue weighted by molar-refractivity contribution is -0.131. The van der Waals surface area contributed by atoms with E-state index >= 15 is 0 Å². The number of allylic oxidation sites excluding steroid dienone is 1. The summed E-state index contributed by atoms with van der Waals surface area (Å²) in [4.78, 5) is 48.1. The standard InChI is InChI=1S/C41H50FN5O7S/c1-25-32(44-38(50)54-39(2,3)4)16-10-8-6-7-9-13-26-23-41(26,37(49)46-55(51,52)40(5)19-20-40)45-35(48)34-22-28(24-47(25)34)53-36-31-15-12-11-14-29(31)30-18-17-27(42)21-33(30)43-36/h9,11-15,17-18,21,26,28,32,34H,1,6-8,10,16,19-20,22-24H2,2-5H3,(H,44,50)(H,45,48)(H,46,49)/b13-9-/t26-,28-,32+,34+,41-/m1/s1. The second-order valence-electron chi connectivity index (χ2n) is 16.7. The van der Waals surface area contributed by atoms with Gasteiger partial charge in [0.15, 0.2) is 0 Å². The van der Waals surface area contributed by atoms with E-state index in [9.17, 15) is 27.2 Å². The quantitative estimate of drug-likeness (QED) is 0.198. The number of nitrogens with one attached hydrogen (secondary N) is 3. The topological polar surface area (TPSA) is 156 Å². The Hall–Kier alpha value is -4.72. The van der Waals surface area contributed by atoms with Crippen molar-refractivity contribution in [3.63, 3.8) is 0 Å². The minimum absolute atomic E-state index is 0.149. The van der Waals surface area contributed by atoms with Crippen molar-refractivity contribution in [2.24, 2.45) is 5.92 Å². The maximum absolute atomic E-state index is 14.6. The summed E-state index contributed by atoms with van der Waals surface area (Å²) in [7, 11) is -3.97. The number of amides is 3. The number of alkyl carbamates (subject to hydrolysis) is 1. The summed E-state index contributed by atoms with van der Waals surface area (Å²) in [6.45, 7) is 11.5. The lowest BCUT2D eigenvalue weighted by Gasteiger charge is -2.34. The van der Waals surface area contributed by atoms with Crippen LogP contribution in [0.3, 0.4) is 0 Å². The van der Waals surface area contributed by atoms with Crippen LogP contribution in [0.2, 0.25) is 0 Å². The van der Waals surface area contributed by atoms with E-state index in [4.69, 9.17) is 14.5 Å². The van der Waals surface area contributed by atoms with Crippen LogP contribution in [0.4, 0.5) is 9.18 Å². The predicted molar refractivity (Wildman–Crippen MR) is 207 cm³/mol. The summed E-state index contributed by atoms with van der Waals surface area (Å²) in [5.41, 5.74) is -1.32. The fourth-order valence-electron chi connectivity index (χ4n) is 7.68. The highest BCUT2D eigenvalue weighted by atomic mass is 32.2. The van der Waals surface area contributed by atoms with Gasteiger partial charge in [-0.2, -0.15) is 0 Å². The summed E-state index contributed by atoms with van der Waals surface area (Å²) in [6, 6.07) is 10.5. The van der Waals surface area contributed by atoms with E-state index in [0.717, 1.165) is 36.5 Å². The van der Waals surface area contributed by atoms with Crippen LogP contribution in [0.5, 0.6) is 5.88 Å². The van der Waals surface area contributed by atoms with Gasteiger partial charge in [0, 0.05) is 34.9 Å². The smallest absolute Gasteiger partial charge is 0.408 e. The summed E-state index contributed by atoms with van der Waals surface area (Å²) in [6.07, 6.45) is 7.67. The van der Waals surface area contributed by atoms with Gasteiger partial charge < -0.3 is 25.0 Å². The minimum Gasteiger partial charge on any atom is -0.472 e. The third kappa shape index (κ3) is 8.01. The molecule has 55 heavy (non-hydrogen) atoms. The largest absolute Gasteiger partial charge is 0.472 e. The first-order valence-corrected chi connectivity index (χ1v) is 20.6. The van der Waals surface area contributed by atoms with Gasteiger partial charge in [0.25, 0.3) is 5.91 Å². The fourth-order valence-corrected chi connectivity index (χ4v) is 8.99. The van der Waals surface area contributed by atoms with Crippen molar-refractivity contribution in [1.29, 1.82) is 0 Å². The monoisotopic (exact) mass is 775 g/mol. The molecule has 14 heteroatoms. The normalized spacial score (nSPS) is 27.5. The molecule has 2 aliphatic carbocycles. The SMILES string of the molecule is C=C1[C@@H](NC(=O)OC(C)(C)C)CCCCC/C=C\[C@@H]2C[C@@]2(C(=O)NS(=O)(=O)C2(C)CC2)NC(=O)[C@@H]2C[C@@H](Oc3nc4cc(F)ccc4c4ccccc34)CN12. The zero-order valence-electron chi connectivity index (χ0n) is 31.8. The number of carbonyl (C=O) groups excluding carboxylic acids is 3. The molecule has 2 aromatic carbocycles.